The van der Waals surface area contributed by atoms with Crippen LogP contribution in [0.2, 0.25) is 0 Å². The Morgan fingerprint density at radius 3 is 2.61 bits per heavy atom. The molecule has 3 rings (SSSR count). The van der Waals surface area contributed by atoms with Crippen molar-refractivity contribution < 1.29 is 0 Å². The van der Waals surface area contributed by atoms with Gasteiger partial charge in [0.25, 0.3) is 0 Å². The summed E-state index contributed by atoms with van der Waals surface area (Å²) in [5.74, 6) is 0. The van der Waals surface area contributed by atoms with Gasteiger partial charge in [0.05, 0.1) is 17.4 Å². The first-order valence-electron chi connectivity index (χ1n) is 6.05. The van der Waals surface area contributed by atoms with Gasteiger partial charge in [0, 0.05) is 11.4 Å². The number of nitrogens with zero attached hydrogens (tertiary/aromatic N) is 2. The topological polar surface area (TPSA) is 43.8 Å². The fourth-order valence-electron chi connectivity index (χ4n) is 2.23. The molecule has 90 valence electrons. The predicted molar refractivity (Wildman–Crippen MR) is 73.7 cm³/mol. The summed E-state index contributed by atoms with van der Waals surface area (Å²) >= 11 is 0. The Hall–Kier alpha value is -2.13. The van der Waals surface area contributed by atoms with Gasteiger partial charge in [-0.15, -0.1) is 0 Å². The molecule has 0 aliphatic rings. The average molecular weight is 237 g/mol. The lowest BCUT2D eigenvalue weighted by atomic mass is 10.1. The molecule has 0 unspecified atom stereocenters. The Morgan fingerprint density at radius 2 is 1.78 bits per heavy atom. The van der Waals surface area contributed by atoms with Crippen molar-refractivity contribution in [3.63, 3.8) is 0 Å². The van der Waals surface area contributed by atoms with Crippen molar-refractivity contribution >= 4 is 10.9 Å². The Bertz CT molecular complexity index is 683. The largest absolute Gasteiger partial charge is 0.324 e. The lowest BCUT2D eigenvalue weighted by Gasteiger charge is -2.13. The number of benzene rings is 2. The van der Waals surface area contributed by atoms with E-state index >= 15 is 0 Å². The maximum atomic E-state index is 6.02. The van der Waals surface area contributed by atoms with Crippen LogP contribution in [0, 0.1) is 0 Å². The molecule has 1 heterocycles. The maximum Gasteiger partial charge on any atom is 0.0741 e. The second-order valence-corrected chi connectivity index (χ2v) is 4.46. The minimum atomic E-state index is -0.0100. The Morgan fingerprint density at radius 1 is 1.06 bits per heavy atom. The van der Waals surface area contributed by atoms with Gasteiger partial charge >= 0.3 is 0 Å². The average Bonchev–Trinajstić information content (AvgIpc) is 2.82. The molecule has 0 fully saturated rings. The van der Waals surface area contributed by atoms with Gasteiger partial charge in [-0.3, -0.25) is 0 Å². The third-order valence-electron chi connectivity index (χ3n) is 3.13. The van der Waals surface area contributed by atoms with E-state index in [1.165, 1.54) is 0 Å². The molecule has 0 saturated carbocycles. The number of nitrogens with two attached hydrogens (primary N) is 1. The number of aromatic nitrogens is 2. The van der Waals surface area contributed by atoms with Gasteiger partial charge in [0.2, 0.25) is 0 Å². The summed E-state index contributed by atoms with van der Waals surface area (Å²) in [6, 6.07) is 16.3. The molecule has 0 saturated heterocycles. The van der Waals surface area contributed by atoms with Gasteiger partial charge in [-0.05, 0) is 24.6 Å². The van der Waals surface area contributed by atoms with E-state index in [1.54, 1.807) is 0 Å². The lowest BCUT2D eigenvalue weighted by Crippen LogP contribution is -2.10. The summed E-state index contributed by atoms with van der Waals surface area (Å²) in [7, 11) is 0. The van der Waals surface area contributed by atoms with Crippen LogP contribution in [0.4, 0.5) is 0 Å². The van der Waals surface area contributed by atoms with Gasteiger partial charge in [0.1, 0.15) is 0 Å². The van der Waals surface area contributed by atoms with E-state index in [0.29, 0.717) is 0 Å². The zero-order valence-electron chi connectivity index (χ0n) is 10.2. The molecule has 18 heavy (non-hydrogen) atoms. The molecule has 0 spiro atoms. The molecule has 1 aromatic heterocycles. The zero-order valence-corrected chi connectivity index (χ0v) is 10.2. The van der Waals surface area contributed by atoms with Crippen molar-refractivity contribution in [2.75, 3.05) is 0 Å². The monoisotopic (exact) mass is 237 g/mol. The summed E-state index contributed by atoms with van der Waals surface area (Å²) in [4.78, 5) is 0. The lowest BCUT2D eigenvalue weighted by molar-refractivity contribution is 0.789. The SMILES string of the molecule is C[C@H](N)c1ccccc1-n1ncc2ccccc21. The molecular weight excluding hydrogens is 222 g/mol. The molecule has 3 aromatic rings. The molecule has 0 bridgehead atoms. The summed E-state index contributed by atoms with van der Waals surface area (Å²) < 4.78 is 1.95. The summed E-state index contributed by atoms with van der Waals surface area (Å²) in [6.07, 6.45) is 1.88. The minimum absolute atomic E-state index is 0.0100. The number of fused-ring (bicyclic) bond motifs is 1. The number of hydrogen-bond donors (Lipinski definition) is 1. The van der Waals surface area contributed by atoms with Crippen LogP contribution >= 0.6 is 0 Å². The summed E-state index contributed by atoms with van der Waals surface area (Å²) in [6.45, 7) is 1.99. The minimum Gasteiger partial charge on any atom is -0.324 e. The highest BCUT2D eigenvalue weighted by atomic mass is 15.3. The molecule has 2 aromatic carbocycles. The van der Waals surface area contributed by atoms with E-state index < -0.39 is 0 Å². The van der Waals surface area contributed by atoms with Gasteiger partial charge in [-0.1, -0.05) is 36.4 Å². The predicted octanol–water partition coefficient (Wildman–Crippen LogP) is 3.05. The van der Waals surface area contributed by atoms with Crippen LogP contribution in [-0.4, -0.2) is 9.78 Å². The van der Waals surface area contributed by atoms with Crippen molar-refractivity contribution in [2.24, 2.45) is 5.73 Å². The van der Waals surface area contributed by atoms with E-state index in [1.807, 2.05) is 42.1 Å². The van der Waals surface area contributed by atoms with Crippen LogP contribution in [-0.2, 0) is 0 Å². The van der Waals surface area contributed by atoms with Crippen LogP contribution in [0.1, 0.15) is 18.5 Å². The highest BCUT2D eigenvalue weighted by molar-refractivity contribution is 5.80. The Labute approximate surface area is 106 Å². The van der Waals surface area contributed by atoms with Gasteiger partial charge in [-0.2, -0.15) is 5.10 Å². The summed E-state index contributed by atoms with van der Waals surface area (Å²) in [5.41, 5.74) is 9.28. The second kappa shape index (κ2) is 4.27. The van der Waals surface area contributed by atoms with Crippen LogP contribution < -0.4 is 5.73 Å². The Kier molecular flexibility index (Phi) is 2.61. The smallest absolute Gasteiger partial charge is 0.0741 e. The first kappa shape index (κ1) is 11.0. The van der Waals surface area contributed by atoms with E-state index in [-0.39, 0.29) is 6.04 Å². The molecule has 3 nitrogen and oxygen atoms in total. The first-order chi connectivity index (χ1) is 8.77. The van der Waals surface area contributed by atoms with E-state index in [9.17, 15) is 0 Å². The first-order valence-corrected chi connectivity index (χ1v) is 6.05. The third kappa shape index (κ3) is 1.69. The van der Waals surface area contributed by atoms with Crippen molar-refractivity contribution in [1.82, 2.24) is 9.78 Å². The third-order valence-corrected chi connectivity index (χ3v) is 3.13. The molecule has 0 aliphatic carbocycles. The van der Waals surface area contributed by atoms with E-state index in [2.05, 4.69) is 29.4 Å². The molecule has 2 N–H and O–H groups in total. The maximum absolute atomic E-state index is 6.02. The molecule has 3 heteroatoms. The van der Waals surface area contributed by atoms with E-state index in [4.69, 9.17) is 5.73 Å². The fraction of sp³-hybridized carbons (Fsp3) is 0.133. The Balaban J connectivity index is 2.27. The molecule has 0 radical (unpaired) electrons. The van der Waals surface area contributed by atoms with Crippen molar-refractivity contribution in [3.05, 3.63) is 60.3 Å². The van der Waals surface area contributed by atoms with Crippen molar-refractivity contribution in [2.45, 2.75) is 13.0 Å². The quantitative estimate of drug-likeness (QED) is 0.744. The number of para-hydroxylation sites is 2. The van der Waals surface area contributed by atoms with Gasteiger partial charge in [-0.25, -0.2) is 4.68 Å². The number of rotatable bonds is 2. The zero-order chi connectivity index (χ0) is 12.5. The van der Waals surface area contributed by atoms with Crippen molar-refractivity contribution in [3.8, 4) is 5.69 Å². The standard InChI is InChI=1S/C15H15N3/c1-11(16)13-7-3-5-9-15(13)18-14-8-4-2-6-12(14)10-17-18/h2-11H,16H2,1H3/t11-/m0/s1. The summed E-state index contributed by atoms with van der Waals surface area (Å²) in [5, 5.41) is 5.61. The molecule has 0 aliphatic heterocycles. The van der Waals surface area contributed by atoms with Crippen LogP contribution in [0.25, 0.3) is 16.6 Å². The highest BCUT2D eigenvalue weighted by Gasteiger charge is 2.10. The fourth-order valence-corrected chi connectivity index (χ4v) is 2.23. The molecule has 1 atom stereocenters. The molecule has 0 amide bonds. The van der Waals surface area contributed by atoms with Crippen LogP contribution in [0.5, 0.6) is 0 Å². The van der Waals surface area contributed by atoms with Gasteiger partial charge < -0.3 is 5.73 Å². The second-order valence-electron chi connectivity index (χ2n) is 4.46. The highest BCUT2D eigenvalue weighted by Crippen LogP contribution is 2.23. The normalized spacial score (nSPS) is 12.8. The van der Waals surface area contributed by atoms with Gasteiger partial charge in [0.15, 0.2) is 0 Å². The van der Waals surface area contributed by atoms with Crippen LogP contribution in [0.3, 0.4) is 0 Å². The van der Waals surface area contributed by atoms with E-state index in [0.717, 1.165) is 22.2 Å². The van der Waals surface area contributed by atoms with Crippen LogP contribution in [0.15, 0.2) is 54.7 Å². The number of hydrogen-bond acceptors (Lipinski definition) is 2. The molecular formula is C15H15N3. The van der Waals surface area contributed by atoms with Crippen molar-refractivity contribution in [1.29, 1.82) is 0 Å².